The monoisotopic (exact) mass is 420 g/mol. The number of hydrogen-bond donors (Lipinski definition) is 0. The molecule has 1 spiro atoms. The molecule has 1 fully saturated rings. The minimum absolute atomic E-state index is 0. The quantitative estimate of drug-likeness (QED) is 0.547. The fourth-order valence-electron chi connectivity index (χ4n) is 4.93. The summed E-state index contributed by atoms with van der Waals surface area (Å²) < 4.78 is 33.2. The molecule has 3 aliphatic heterocycles. The third-order valence-electron chi connectivity index (χ3n) is 6.48. The van der Waals surface area contributed by atoms with E-state index in [1.807, 2.05) is 24.3 Å². The molecule has 4 nitrogen and oxygen atoms in total. The van der Waals surface area contributed by atoms with E-state index in [-0.39, 0.29) is 18.2 Å². The van der Waals surface area contributed by atoms with Gasteiger partial charge in [-0.3, -0.25) is 4.79 Å². The van der Waals surface area contributed by atoms with Gasteiger partial charge < -0.3 is 14.5 Å². The van der Waals surface area contributed by atoms with E-state index < -0.39 is 23.0 Å². The van der Waals surface area contributed by atoms with Gasteiger partial charge in [-0.05, 0) is 56.6 Å². The predicted octanol–water partition coefficient (Wildman–Crippen LogP) is 3.75. The maximum absolute atomic E-state index is 14.1. The molecule has 2 aromatic carbocycles. The standard InChI is InChI=1S/C22H22F2N2O2.ClH/c1-25-8-6-14(7-9-25)12-26-13-22(15-4-2-3-5-19(15)26)16-10-17(23)18(24)11-20(16)28-21(22)27;/h2-5,10-11,14H,6-9,12-13H2,1H3;1H. The molecule has 1 saturated heterocycles. The Morgan fingerprint density at radius 3 is 2.55 bits per heavy atom. The number of rotatable bonds is 2. The highest BCUT2D eigenvalue weighted by molar-refractivity contribution is 5.98. The highest BCUT2D eigenvalue weighted by atomic mass is 35.5. The fourth-order valence-corrected chi connectivity index (χ4v) is 4.93. The minimum atomic E-state index is -1.09. The van der Waals surface area contributed by atoms with E-state index >= 15 is 0 Å². The molecule has 0 aromatic heterocycles. The Kier molecular flexibility index (Phi) is 5.03. The lowest BCUT2D eigenvalue weighted by Gasteiger charge is -2.33. The molecule has 5 rings (SSSR count). The number of benzene rings is 2. The second-order valence-corrected chi connectivity index (χ2v) is 8.20. The largest absolute Gasteiger partial charge is 0.425 e. The molecular formula is C22H23ClF2N2O2. The Hall–Kier alpha value is -2.18. The number of nitrogens with zero attached hydrogens (tertiary/aromatic N) is 2. The molecule has 29 heavy (non-hydrogen) atoms. The lowest BCUT2D eigenvalue weighted by Crippen LogP contribution is -2.42. The van der Waals surface area contributed by atoms with E-state index in [2.05, 4.69) is 16.8 Å². The average Bonchev–Trinajstić information content (AvgIpc) is 3.15. The molecule has 3 heterocycles. The van der Waals surface area contributed by atoms with E-state index in [4.69, 9.17) is 4.74 Å². The molecule has 154 valence electrons. The molecule has 0 radical (unpaired) electrons. The van der Waals surface area contributed by atoms with Crippen molar-refractivity contribution in [2.45, 2.75) is 18.3 Å². The number of esters is 1. The van der Waals surface area contributed by atoms with Crippen molar-refractivity contribution in [1.29, 1.82) is 0 Å². The number of piperidine rings is 1. The second kappa shape index (κ2) is 7.26. The van der Waals surface area contributed by atoms with Crippen molar-refractivity contribution >= 4 is 24.1 Å². The van der Waals surface area contributed by atoms with Crippen molar-refractivity contribution in [2.24, 2.45) is 5.92 Å². The summed E-state index contributed by atoms with van der Waals surface area (Å²) in [7, 11) is 2.13. The van der Waals surface area contributed by atoms with E-state index in [9.17, 15) is 13.6 Å². The summed E-state index contributed by atoms with van der Waals surface area (Å²) in [5.74, 6) is -1.74. The highest BCUT2D eigenvalue weighted by Crippen LogP contribution is 2.52. The topological polar surface area (TPSA) is 32.8 Å². The van der Waals surface area contributed by atoms with E-state index in [0.717, 1.165) is 55.9 Å². The van der Waals surface area contributed by atoms with Crippen molar-refractivity contribution in [1.82, 2.24) is 4.90 Å². The SMILES string of the molecule is CN1CCC(CN2CC3(C(=O)Oc4cc(F)c(F)cc43)c3ccccc32)CC1.Cl. The number of carbonyl (C=O) groups is 1. The zero-order chi connectivity index (χ0) is 19.5. The lowest BCUT2D eigenvalue weighted by molar-refractivity contribution is -0.136. The first-order valence-corrected chi connectivity index (χ1v) is 9.74. The molecule has 0 saturated carbocycles. The Morgan fingerprint density at radius 1 is 1.10 bits per heavy atom. The smallest absolute Gasteiger partial charge is 0.328 e. The third kappa shape index (κ3) is 3.01. The van der Waals surface area contributed by atoms with Gasteiger partial charge in [0.15, 0.2) is 11.6 Å². The van der Waals surface area contributed by atoms with Crippen LogP contribution in [0.4, 0.5) is 14.5 Å². The summed E-state index contributed by atoms with van der Waals surface area (Å²) in [6.45, 7) is 3.38. The van der Waals surface area contributed by atoms with Gasteiger partial charge in [-0.15, -0.1) is 12.4 Å². The fraction of sp³-hybridized carbons (Fsp3) is 0.409. The van der Waals surface area contributed by atoms with Crippen LogP contribution in [0.25, 0.3) is 0 Å². The summed E-state index contributed by atoms with van der Waals surface area (Å²) >= 11 is 0. The van der Waals surface area contributed by atoms with E-state index in [0.29, 0.717) is 18.0 Å². The summed E-state index contributed by atoms with van der Waals surface area (Å²) in [5, 5.41) is 0. The number of para-hydroxylation sites is 1. The number of anilines is 1. The first-order chi connectivity index (χ1) is 13.5. The van der Waals surface area contributed by atoms with Crippen molar-refractivity contribution < 1.29 is 18.3 Å². The second-order valence-electron chi connectivity index (χ2n) is 8.20. The van der Waals surface area contributed by atoms with Gasteiger partial charge in [0.2, 0.25) is 0 Å². The molecule has 0 bridgehead atoms. The minimum Gasteiger partial charge on any atom is -0.425 e. The number of halogens is 3. The van der Waals surface area contributed by atoms with Gasteiger partial charge >= 0.3 is 5.97 Å². The van der Waals surface area contributed by atoms with Crippen LogP contribution in [-0.2, 0) is 10.2 Å². The molecule has 7 heteroatoms. The molecule has 3 aliphatic rings. The van der Waals surface area contributed by atoms with Crippen LogP contribution in [0.3, 0.4) is 0 Å². The number of fused-ring (bicyclic) bond motifs is 4. The summed E-state index contributed by atoms with van der Waals surface area (Å²) in [6.07, 6.45) is 2.23. The van der Waals surface area contributed by atoms with Gasteiger partial charge in [0.05, 0.1) is 0 Å². The Labute approximate surface area is 174 Å². The van der Waals surface area contributed by atoms with Crippen LogP contribution in [0.1, 0.15) is 24.0 Å². The van der Waals surface area contributed by atoms with Gasteiger partial charge in [0.1, 0.15) is 11.2 Å². The average molecular weight is 421 g/mol. The van der Waals surface area contributed by atoms with Crippen molar-refractivity contribution in [3.8, 4) is 5.75 Å². The summed E-state index contributed by atoms with van der Waals surface area (Å²) in [5.41, 5.74) is 1.13. The van der Waals surface area contributed by atoms with Crippen LogP contribution in [0.15, 0.2) is 36.4 Å². The number of hydrogen-bond acceptors (Lipinski definition) is 4. The van der Waals surface area contributed by atoms with Gasteiger partial charge in [0, 0.05) is 30.4 Å². The Balaban J connectivity index is 0.00000205. The van der Waals surface area contributed by atoms with Gasteiger partial charge in [-0.2, -0.15) is 0 Å². The zero-order valence-corrected chi connectivity index (χ0v) is 17.0. The molecule has 1 unspecified atom stereocenters. The first-order valence-electron chi connectivity index (χ1n) is 9.74. The van der Waals surface area contributed by atoms with Crippen LogP contribution in [0, 0.1) is 17.6 Å². The molecule has 2 aromatic rings. The molecule has 0 aliphatic carbocycles. The molecule has 0 N–H and O–H groups in total. The Morgan fingerprint density at radius 2 is 1.79 bits per heavy atom. The highest BCUT2D eigenvalue weighted by Gasteiger charge is 2.57. The predicted molar refractivity (Wildman–Crippen MR) is 109 cm³/mol. The van der Waals surface area contributed by atoms with Gasteiger partial charge in [-0.25, -0.2) is 8.78 Å². The number of ether oxygens (including phenoxy) is 1. The number of likely N-dealkylation sites (tertiary alicyclic amines) is 1. The van der Waals surface area contributed by atoms with Crippen LogP contribution in [-0.4, -0.2) is 44.1 Å². The van der Waals surface area contributed by atoms with E-state index in [1.54, 1.807) is 0 Å². The molecular weight excluding hydrogens is 398 g/mol. The van der Waals surface area contributed by atoms with Crippen molar-refractivity contribution in [3.05, 3.63) is 59.2 Å². The first kappa shape index (κ1) is 20.1. The number of carbonyl (C=O) groups excluding carboxylic acids is 1. The van der Waals surface area contributed by atoms with Gasteiger partial charge in [0.25, 0.3) is 0 Å². The normalized spacial score (nSPS) is 23.7. The van der Waals surface area contributed by atoms with Crippen LogP contribution >= 0.6 is 12.4 Å². The van der Waals surface area contributed by atoms with Crippen LogP contribution in [0.2, 0.25) is 0 Å². The lowest BCUT2D eigenvalue weighted by atomic mass is 9.77. The maximum Gasteiger partial charge on any atom is 0.328 e. The summed E-state index contributed by atoms with van der Waals surface area (Å²) in [6, 6.07) is 9.85. The third-order valence-corrected chi connectivity index (χ3v) is 6.48. The van der Waals surface area contributed by atoms with Gasteiger partial charge in [-0.1, -0.05) is 18.2 Å². The summed E-state index contributed by atoms with van der Waals surface area (Å²) in [4.78, 5) is 17.6. The van der Waals surface area contributed by atoms with Crippen molar-refractivity contribution in [3.63, 3.8) is 0 Å². The van der Waals surface area contributed by atoms with Crippen LogP contribution in [0.5, 0.6) is 5.75 Å². The molecule has 0 amide bonds. The Bertz CT molecular complexity index is 962. The molecule has 1 atom stereocenters. The maximum atomic E-state index is 14.1. The van der Waals surface area contributed by atoms with E-state index in [1.165, 1.54) is 0 Å². The zero-order valence-electron chi connectivity index (χ0n) is 16.2. The van der Waals surface area contributed by atoms with Crippen LogP contribution < -0.4 is 9.64 Å². The van der Waals surface area contributed by atoms with Crippen molar-refractivity contribution in [2.75, 3.05) is 38.1 Å².